The fourth-order valence-electron chi connectivity index (χ4n) is 3.23. The maximum atomic E-state index is 12.9. The molecular formula is C19H21N7O3S. The highest BCUT2D eigenvalue weighted by Crippen LogP contribution is 2.21. The number of rotatable bonds is 5. The van der Waals surface area contributed by atoms with Crippen molar-refractivity contribution in [3.63, 3.8) is 0 Å². The van der Waals surface area contributed by atoms with Crippen LogP contribution in [0.1, 0.15) is 6.92 Å². The fourth-order valence-corrected chi connectivity index (χ4v) is 4.66. The number of carbonyl (C=O) groups is 1. The van der Waals surface area contributed by atoms with Gasteiger partial charge in [0.25, 0.3) is 0 Å². The molecule has 0 unspecified atom stereocenters. The van der Waals surface area contributed by atoms with Gasteiger partial charge in [0.15, 0.2) is 11.6 Å². The number of hydrogen-bond donors (Lipinski definition) is 1. The van der Waals surface area contributed by atoms with Crippen LogP contribution in [0.25, 0.3) is 5.82 Å². The molecule has 1 amide bonds. The first-order valence-corrected chi connectivity index (χ1v) is 10.8. The Labute approximate surface area is 174 Å². The van der Waals surface area contributed by atoms with Gasteiger partial charge >= 0.3 is 0 Å². The van der Waals surface area contributed by atoms with Crippen LogP contribution in [0.3, 0.4) is 0 Å². The molecule has 0 radical (unpaired) electrons. The predicted molar refractivity (Wildman–Crippen MR) is 111 cm³/mol. The van der Waals surface area contributed by atoms with Crippen molar-refractivity contribution in [1.82, 2.24) is 24.3 Å². The van der Waals surface area contributed by atoms with Gasteiger partial charge in [-0.25, -0.2) is 13.1 Å². The maximum absolute atomic E-state index is 12.9. The Morgan fingerprint density at radius 2 is 1.63 bits per heavy atom. The number of anilines is 2. The van der Waals surface area contributed by atoms with Crippen LogP contribution in [-0.4, -0.2) is 64.8 Å². The number of benzene rings is 1. The number of aromatic nitrogens is 4. The number of hydrogen-bond acceptors (Lipinski definition) is 7. The minimum absolute atomic E-state index is 0.202. The lowest BCUT2D eigenvalue weighted by Gasteiger charge is -2.34. The number of carbonyl (C=O) groups excluding carboxylic acids is 1. The molecule has 1 N–H and O–H groups in total. The van der Waals surface area contributed by atoms with Crippen LogP contribution in [0.15, 0.2) is 59.8 Å². The third kappa shape index (κ3) is 4.16. The summed E-state index contributed by atoms with van der Waals surface area (Å²) in [6, 6.07) is 11.7. The average Bonchev–Trinajstić information content (AvgIpc) is 3.29. The zero-order valence-corrected chi connectivity index (χ0v) is 17.2. The van der Waals surface area contributed by atoms with Crippen LogP contribution in [-0.2, 0) is 14.8 Å². The molecule has 1 saturated heterocycles. The van der Waals surface area contributed by atoms with Crippen molar-refractivity contribution in [2.75, 3.05) is 36.4 Å². The summed E-state index contributed by atoms with van der Waals surface area (Å²) in [4.78, 5) is 13.3. The third-order valence-corrected chi connectivity index (χ3v) is 6.66. The Morgan fingerprint density at radius 1 is 0.967 bits per heavy atom. The van der Waals surface area contributed by atoms with Crippen molar-refractivity contribution in [2.45, 2.75) is 11.8 Å². The number of nitrogens with one attached hydrogen (secondary N) is 1. The molecule has 0 aliphatic carbocycles. The molecule has 156 valence electrons. The third-order valence-electron chi connectivity index (χ3n) is 4.75. The van der Waals surface area contributed by atoms with Crippen molar-refractivity contribution in [3.05, 3.63) is 54.9 Å². The van der Waals surface area contributed by atoms with Crippen molar-refractivity contribution >= 4 is 27.4 Å². The van der Waals surface area contributed by atoms with E-state index in [0.29, 0.717) is 43.5 Å². The quantitative estimate of drug-likeness (QED) is 0.649. The Kier molecular flexibility index (Phi) is 5.46. The lowest BCUT2D eigenvalue weighted by Crippen LogP contribution is -2.49. The molecule has 10 nitrogen and oxygen atoms in total. The summed E-state index contributed by atoms with van der Waals surface area (Å²) < 4.78 is 28.9. The van der Waals surface area contributed by atoms with E-state index in [2.05, 4.69) is 20.6 Å². The molecule has 0 spiro atoms. The average molecular weight is 427 g/mol. The SMILES string of the molecule is CC(=O)Nc1ccc(S(=O)(=O)N2CCN(c3ccc(-n4cccn4)nn3)CC2)cc1. The molecule has 1 aliphatic rings. The van der Waals surface area contributed by atoms with Gasteiger partial charge in [0.05, 0.1) is 4.90 Å². The normalized spacial score (nSPS) is 15.2. The lowest BCUT2D eigenvalue weighted by atomic mass is 10.3. The van der Waals surface area contributed by atoms with E-state index in [1.807, 2.05) is 23.1 Å². The number of piperazine rings is 1. The van der Waals surface area contributed by atoms with Crippen molar-refractivity contribution in [1.29, 1.82) is 0 Å². The van der Waals surface area contributed by atoms with E-state index in [9.17, 15) is 13.2 Å². The molecular weight excluding hydrogens is 406 g/mol. The van der Waals surface area contributed by atoms with E-state index < -0.39 is 10.0 Å². The van der Waals surface area contributed by atoms with Crippen molar-refractivity contribution < 1.29 is 13.2 Å². The van der Waals surface area contributed by atoms with E-state index in [0.717, 1.165) is 0 Å². The Balaban J connectivity index is 1.40. The number of sulfonamides is 1. The highest BCUT2D eigenvalue weighted by atomic mass is 32.2. The summed E-state index contributed by atoms with van der Waals surface area (Å²) in [5, 5.41) is 15.2. The molecule has 1 aromatic carbocycles. The fraction of sp³-hybridized carbons (Fsp3) is 0.263. The summed E-state index contributed by atoms with van der Waals surface area (Å²) >= 11 is 0. The van der Waals surface area contributed by atoms with E-state index >= 15 is 0 Å². The molecule has 3 heterocycles. The highest BCUT2D eigenvalue weighted by Gasteiger charge is 2.29. The minimum Gasteiger partial charge on any atom is -0.352 e. The summed E-state index contributed by atoms with van der Waals surface area (Å²) in [6.45, 7) is 3.12. The van der Waals surface area contributed by atoms with Crippen LogP contribution in [0, 0.1) is 0 Å². The zero-order valence-electron chi connectivity index (χ0n) is 16.3. The van der Waals surface area contributed by atoms with Crippen LogP contribution in [0.2, 0.25) is 0 Å². The highest BCUT2D eigenvalue weighted by molar-refractivity contribution is 7.89. The first kappa shape index (κ1) is 20.0. The summed E-state index contributed by atoms with van der Waals surface area (Å²) in [6.07, 6.45) is 3.46. The molecule has 30 heavy (non-hydrogen) atoms. The van der Waals surface area contributed by atoms with Gasteiger partial charge in [0.2, 0.25) is 15.9 Å². The first-order chi connectivity index (χ1) is 14.4. The van der Waals surface area contributed by atoms with E-state index in [-0.39, 0.29) is 10.8 Å². The van der Waals surface area contributed by atoms with E-state index in [1.165, 1.54) is 23.4 Å². The summed E-state index contributed by atoms with van der Waals surface area (Å²) in [5.74, 6) is 1.11. The Bertz CT molecular complexity index is 1110. The maximum Gasteiger partial charge on any atom is 0.243 e. The van der Waals surface area contributed by atoms with Gasteiger partial charge in [-0.15, -0.1) is 10.2 Å². The second-order valence-corrected chi connectivity index (χ2v) is 8.73. The van der Waals surface area contributed by atoms with Gasteiger partial charge < -0.3 is 10.2 Å². The lowest BCUT2D eigenvalue weighted by molar-refractivity contribution is -0.114. The smallest absolute Gasteiger partial charge is 0.243 e. The van der Waals surface area contributed by atoms with Crippen LogP contribution >= 0.6 is 0 Å². The Hall–Kier alpha value is -3.31. The molecule has 0 atom stereocenters. The molecule has 2 aromatic heterocycles. The van der Waals surface area contributed by atoms with Gasteiger partial charge in [-0.2, -0.15) is 9.40 Å². The molecule has 0 saturated carbocycles. The van der Waals surface area contributed by atoms with Crippen LogP contribution in [0.5, 0.6) is 0 Å². The molecule has 3 aromatic rings. The van der Waals surface area contributed by atoms with Gasteiger partial charge in [0, 0.05) is 51.2 Å². The Morgan fingerprint density at radius 3 is 2.20 bits per heavy atom. The van der Waals surface area contributed by atoms with E-state index in [4.69, 9.17) is 0 Å². The zero-order chi connectivity index (χ0) is 21.1. The largest absolute Gasteiger partial charge is 0.352 e. The van der Waals surface area contributed by atoms with Crippen molar-refractivity contribution in [2.24, 2.45) is 0 Å². The number of nitrogens with zero attached hydrogens (tertiary/aromatic N) is 6. The second kappa shape index (κ2) is 8.20. The molecule has 0 bridgehead atoms. The minimum atomic E-state index is -3.60. The van der Waals surface area contributed by atoms with Gasteiger partial charge in [-0.05, 0) is 42.5 Å². The van der Waals surface area contributed by atoms with E-state index in [1.54, 1.807) is 29.2 Å². The van der Waals surface area contributed by atoms with Gasteiger partial charge in [-0.3, -0.25) is 4.79 Å². The predicted octanol–water partition coefficient (Wildman–Crippen LogP) is 1.13. The number of amides is 1. The second-order valence-electron chi connectivity index (χ2n) is 6.80. The summed E-state index contributed by atoms with van der Waals surface area (Å²) in [7, 11) is -3.60. The van der Waals surface area contributed by atoms with Gasteiger partial charge in [-0.1, -0.05) is 0 Å². The van der Waals surface area contributed by atoms with Crippen LogP contribution in [0.4, 0.5) is 11.5 Å². The molecule has 4 rings (SSSR count). The van der Waals surface area contributed by atoms with Gasteiger partial charge in [0.1, 0.15) is 0 Å². The standard InChI is InChI=1S/C19H21N7O3S/c1-15(27)21-16-3-5-17(6-4-16)30(28,29)25-13-11-24(12-14-25)18-7-8-19(23-22-18)26-10-2-9-20-26/h2-10H,11-14H2,1H3,(H,21,27). The van der Waals surface area contributed by atoms with Crippen LogP contribution < -0.4 is 10.2 Å². The van der Waals surface area contributed by atoms with Crippen molar-refractivity contribution in [3.8, 4) is 5.82 Å². The monoisotopic (exact) mass is 427 g/mol. The first-order valence-electron chi connectivity index (χ1n) is 9.40. The molecule has 1 fully saturated rings. The topological polar surface area (TPSA) is 113 Å². The summed E-state index contributed by atoms with van der Waals surface area (Å²) in [5.41, 5.74) is 0.559. The molecule has 1 aliphatic heterocycles. The molecule has 11 heteroatoms.